The van der Waals surface area contributed by atoms with Crippen LogP contribution in [-0.4, -0.2) is 23.0 Å². The van der Waals surface area contributed by atoms with Crippen LogP contribution in [0.1, 0.15) is 25.0 Å². The summed E-state index contributed by atoms with van der Waals surface area (Å²) in [6.45, 7) is 4.21. The summed E-state index contributed by atoms with van der Waals surface area (Å²) in [6.07, 6.45) is 6.55. The highest BCUT2D eigenvalue weighted by Crippen LogP contribution is 2.09. The van der Waals surface area contributed by atoms with Crippen molar-refractivity contribution in [2.45, 2.75) is 26.4 Å². The van der Waals surface area contributed by atoms with E-state index >= 15 is 0 Å². The van der Waals surface area contributed by atoms with E-state index < -0.39 is 0 Å². The summed E-state index contributed by atoms with van der Waals surface area (Å²) in [5.74, 6) is -0.178. The number of amides is 3. The van der Waals surface area contributed by atoms with Crippen molar-refractivity contribution in [2.24, 2.45) is 0 Å². The monoisotopic (exact) mass is 338 g/mol. The molecule has 130 valence electrons. The molecule has 2 rings (SSSR count). The van der Waals surface area contributed by atoms with Gasteiger partial charge in [0.1, 0.15) is 0 Å². The average Bonchev–Trinajstić information content (AvgIpc) is 2.59. The molecule has 0 bridgehead atoms. The fourth-order valence-corrected chi connectivity index (χ4v) is 2.03. The second-order valence-corrected chi connectivity index (χ2v) is 5.79. The zero-order chi connectivity index (χ0) is 18.1. The van der Waals surface area contributed by atoms with Crippen molar-refractivity contribution < 1.29 is 9.59 Å². The van der Waals surface area contributed by atoms with Gasteiger partial charge in [0.15, 0.2) is 0 Å². The number of carbonyl (C=O) groups is 2. The number of carbonyl (C=O) groups excluding carboxylic acids is 2. The molecular formula is C19H22N4O2. The van der Waals surface area contributed by atoms with Gasteiger partial charge in [-0.3, -0.25) is 9.78 Å². The van der Waals surface area contributed by atoms with Crippen LogP contribution in [0.4, 0.5) is 10.5 Å². The van der Waals surface area contributed by atoms with E-state index in [9.17, 15) is 9.59 Å². The van der Waals surface area contributed by atoms with Gasteiger partial charge in [-0.1, -0.05) is 18.2 Å². The van der Waals surface area contributed by atoms with E-state index in [2.05, 4.69) is 20.9 Å². The second-order valence-electron chi connectivity index (χ2n) is 5.79. The Balaban J connectivity index is 1.80. The Labute approximate surface area is 147 Å². The van der Waals surface area contributed by atoms with Crippen LogP contribution >= 0.6 is 0 Å². The molecule has 0 aliphatic carbocycles. The molecule has 6 heteroatoms. The molecule has 6 nitrogen and oxygen atoms in total. The number of rotatable bonds is 6. The highest BCUT2D eigenvalue weighted by Gasteiger charge is 2.03. The lowest BCUT2D eigenvalue weighted by molar-refractivity contribution is -0.116. The number of hydrogen-bond donors (Lipinski definition) is 3. The van der Waals surface area contributed by atoms with Gasteiger partial charge < -0.3 is 16.0 Å². The molecule has 2 aromatic rings. The summed E-state index contributed by atoms with van der Waals surface area (Å²) in [5, 5.41) is 8.31. The van der Waals surface area contributed by atoms with Crippen LogP contribution < -0.4 is 16.0 Å². The van der Waals surface area contributed by atoms with Gasteiger partial charge in [-0.25, -0.2) is 4.79 Å². The molecule has 0 fully saturated rings. The Morgan fingerprint density at radius 2 is 1.92 bits per heavy atom. The maximum Gasteiger partial charge on any atom is 0.319 e. The van der Waals surface area contributed by atoms with Gasteiger partial charge in [-0.15, -0.1) is 0 Å². The van der Waals surface area contributed by atoms with Crippen LogP contribution in [0.15, 0.2) is 54.9 Å². The third-order valence-corrected chi connectivity index (χ3v) is 3.21. The summed E-state index contributed by atoms with van der Waals surface area (Å²) >= 11 is 0. The van der Waals surface area contributed by atoms with Gasteiger partial charge in [0.05, 0.1) is 0 Å². The molecule has 0 atom stereocenters. The lowest BCUT2D eigenvalue weighted by Crippen LogP contribution is -2.34. The predicted octanol–water partition coefficient (Wildman–Crippen LogP) is 2.94. The summed E-state index contributed by atoms with van der Waals surface area (Å²) in [7, 11) is 0. The third kappa shape index (κ3) is 6.87. The maximum absolute atomic E-state index is 11.8. The number of nitrogens with one attached hydrogen (secondary N) is 3. The summed E-state index contributed by atoms with van der Waals surface area (Å²) < 4.78 is 0. The fourth-order valence-electron chi connectivity index (χ4n) is 2.03. The quantitative estimate of drug-likeness (QED) is 0.708. The standard InChI is InChI=1S/C19H22N4O2/c1-14(2)22-19(25)23-17-8-5-16(6-9-17)13-21-18(24)10-7-15-4-3-11-20-12-15/h3-12,14H,13H2,1-2H3,(H,21,24)(H2,22,23,25). The number of benzene rings is 1. The summed E-state index contributed by atoms with van der Waals surface area (Å²) in [6, 6.07) is 10.8. The number of pyridine rings is 1. The zero-order valence-corrected chi connectivity index (χ0v) is 14.3. The molecule has 3 N–H and O–H groups in total. The lowest BCUT2D eigenvalue weighted by atomic mass is 10.2. The van der Waals surface area contributed by atoms with Gasteiger partial charge in [-0.05, 0) is 49.2 Å². The van der Waals surface area contributed by atoms with E-state index in [1.54, 1.807) is 30.6 Å². The molecule has 1 heterocycles. The smallest absolute Gasteiger partial charge is 0.319 e. The minimum Gasteiger partial charge on any atom is -0.348 e. The Hall–Kier alpha value is -3.15. The zero-order valence-electron chi connectivity index (χ0n) is 14.3. The first kappa shape index (κ1) is 18.2. The number of aromatic nitrogens is 1. The van der Waals surface area contributed by atoms with E-state index in [0.29, 0.717) is 12.2 Å². The molecule has 25 heavy (non-hydrogen) atoms. The van der Waals surface area contributed by atoms with Crippen molar-refractivity contribution in [2.75, 3.05) is 5.32 Å². The first-order valence-corrected chi connectivity index (χ1v) is 8.05. The Kier molecular flexibility index (Phi) is 6.71. The second kappa shape index (κ2) is 9.22. The molecule has 0 aliphatic rings. The number of urea groups is 1. The van der Waals surface area contributed by atoms with Crippen LogP contribution in [0.5, 0.6) is 0 Å². The van der Waals surface area contributed by atoms with Crippen LogP contribution in [-0.2, 0) is 11.3 Å². The third-order valence-electron chi connectivity index (χ3n) is 3.21. The van der Waals surface area contributed by atoms with Crippen molar-refractivity contribution in [1.82, 2.24) is 15.6 Å². The van der Waals surface area contributed by atoms with Crippen LogP contribution in [0.2, 0.25) is 0 Å². The molecule has 0 aliphatic heterocycles. The first-order valence-electron chi connectivity index (χ1n) is 8.05. The predicted molar refractivity (Wildman–Crippen MR) is 98.9 cm³/mol. The number of anilines is 1. The largest absolute Gasteiger partial charge is 0.348 e. The Bertz CT molecular complexity index is 725. The molecule has 1 aromatic carbocycles. The van der Waals surface area contributed by atoms with Crippen LogP contribution in [0.3, 0.4) is 0 Å². The van der Waals surface area contributed by atoms with Crippen molar-refractivity contribution >= 4 is 23.7 Å². The van der Waals surface area contributed by atoms with E-state index in [1.165, 1.54) is 6.08 Å². The van der Waals surface area contributed by atoms with Gasteiger partial charge >= 0.3 is 6.03 Å². The highest BCUT2D eigenvalue weighted by molar-refractivity contribution is 5.91. The normalized spacial score (nSPS) is 10.7. The maximum atomic E-state index is 11.8. The van der Waals surface area contributed by atoms with Crippen molar-refractivity contribution in [3.63, 3.8) is 0 Å². The van der Waals surface area contributed by atoms with Crippen LogP contribution in [0.25, 0.3) is 6.08 Å². The van der Waals surface area contributed by atoms with Gasteiger partial charge in [-0.2, -0.15) is 0 Å². The molecule has 0 saturated heterocycles. The highest BCUT2D eigenvalue weighted by atomic mass is 16.2. The fraction of sp³-hybridized carbons (Fsp3) is 0.211. The molecule has 1 aromatic heterocycles. The molecule has 0 spiro atoms. The minimum atomic E-state index is -0.239. The Morgan fingerprint density at radius 3 is 2.56 bits per heavy atom. The van der Waals surface area contributed by atoms with E-state index in [0.717, 1.165) is 11.1 Å². The number of nitrogens with zero attached hydrogens (tertiary/aromatic N) is 1. The molecule has 0 radical (unpaired) electrons. The molecular weight excluding hydrogens is 316 g/mol. The minimum absolute atomic E-state index is 0.0780. The number of hydrogen-bond acceptors (Lipinski definition) is 3. The SMILES string of the molecule is CC(C)NC(=O)Nc1ccc(CNC(=O)C=Cc2cccnc2)cc1. The summed E-state index contributed by atoms with van der Waals surface area (Å²) in [5.41, 5.74) is 2.51. The first-order chi connectivity index (χ1) is 12.0. The van der Waals surface area contributed by atoms with Crippen molar-refractivity contribution in [3.8, 4) is 0 Å². The lowest BCUT2D eigenvalue weighted by Gasteiger charge is -2.10. The van der Waals surface area contributed by atoms with Crippen molar-refractivity contribution in [1.29, 1.82) is 0 Å². The van der Waals surface area contributed by atoms with Crippen LogP contribution in [0, 0.1) is 0 Å². The van der Waals surface area contributed by atoms with Crippen molar-refractivity contribution in [3.05, 3.63) is 66.0 Å². The molecule has 3 amide bonds. The van der Waals surface area contributed by atoms with Gasteiger partial charge in [0.25, 0.3) is 0 Å². The van der Waals surface area contributed by atoms with E-state index in [-0.39, 0.29) is 18.0 Å². The average molecular weight is 338 g/mol. The van der Waals surface area contributed by atoms with E-state index in [1.807, 2.05) is 38.1 Å². The summed E-state index contributed by atoms with van der Waals surface area (Å²) in [4.78, 5) is 27.4. The molecule has 0 saturated carbocycles. The molecule has 0 unspecified atom stereocenters. The topological polar surface area (TPSA) is 83.1 Å². The van der Waals surface area contributed by atoms with Gasteiger partial charge in [0.2, 0.25) is 5.91 Å². The van der Waals surface area contributed by atoms with E-state index in [4.69, 9.17) is 0 Å². The van der Waals surface area contributed by atoms with Gasteiger partial charge in [0, 0.05) is 36.7 Å². The Morgan fingerprint density at radius 1 is 1.16 bits per heavy atom.